The van der Waals surface area contributed by atoms with E-state index in [9.17, 15) is 4.79 Å². The third kappa shape index (κ3) is 3.27. The van der Waals surface area contributed by atoms with Crippen molar-refractivity contribution in [3.63, 3.8) is 0 Å². The minimum Gasteiger partial charge on any atom is -0.445 e. The van der Waals surface area contributed by atoms with Gasteiger partial charge in [-0.2, -0.15) is 0 Å². The Morgan fingerprint density at radius 1 is 1.27 bits per heavy atom. The summed E-state index contributed by atoms with van der Waals surface area (Å²) in [4.78, 5) is 14.4. The van der Waals surface area contributed by atoms with E-state index >= 15 is 0 Å². The Kier molecular flexibility index (Phi) is 3.89. The smallest absolute Gasteiger partial charge is 0.407 e. The molecule has 4 heteroatoms. The zero-order valence-corrected chi connectivity index (χ0v) is 13.8. The fourth-order valence-electron chi connectivity index (χ4n) is 3.35. The Hall–Kier alpha value is -1.55. The molecule has 1 unspecified atom stereocenters. The van der Waals surface area contributed by atoms with E-state index in [0.717, 1.165) is 19.5 Å². The quantitative estimate of drug-likeness (QED) is 0.931. The molecule has 3 rings (SSSR count). The molecule has 1 atom stereocenters. The summed E-state index contributed by atoms with van der Waals surface area (Å²) in [6.07, 6.45) is 3.04. The van der Waals surface area contributed by atoms with Crippen molar-refractivity contribution in [1.82, 2.24) is 10.2 Å². The zero-order chi connectivity index (χ0) is 15.8. The number of hydrogen-bond donors (Lipinski definition) is 1. The average molecular weight is 302 g/mol. The molecule has 1 aliphatic carbocycles. The highest BCUT2D eigenvalue weighted by Gasteiger charge is 2.51. The van der Waals surface area contributed by atoms with Crippen molar-refractivity contribution in [2.75, 3.05) is 13.1 Å². The number of ether oxygens (including phenoxy) is 1. The van der Waals surface area contributed by atoms with Crippen LogP contribution in [0.5, 0.6) is 0 Å². The summed E-state index contributed by atoms with van der Waals surface area (Å²) >= 11 is 0. The fraction of sp³-hybridized carbons (Fsp3) is 0.611. The van der Waals surface area contributed by atoms with Crippen molar-refractivity contribution in [3.8, 4) is 0 Å². The molecule has 1 aliphatic heterocycles. The van der Waals surface area contributed by atoms with Crippen LogP contribution in [0.4, 0.5) is 4.79 Å². The first-order valence-electron chi connectivity index (χ1n) is 8.18. The van der Waals surface area contributed by atoms with E-state index in [-0.39, 0.29) is 23.3 Å². The molecule has 1 aromatic carbocycles. The van der Waals surface area contributed by atoms with Gasteiger partial charge in [0.25, 0.3) is 0 Å². The normalized spacial score (nSPS) is 24.0. The lowest BCUT2D eigenvalue weighted by Gasteiger charge is -2.28. The Balaban J connectivity index is 1.58. The van der Waals surface area contributed by atoms with Crippen LogP contribution in [-0.2, 0) is 10.3 Å². The van der Waals surface area contributed by atoms with Gasteiger partial charge in [-0.25, -0.2) is 4.79 Å². The maximum atomic E-state index is 11.9. The van der Waals surface area contributed by atoms with E-state index in [2.05, 4.69) is 40.5 Å². The van der Waals surface area contributed by atoms with Crippen LogP contribution in [0.2, 0.25) is 0 Å². The Morgan fingerprint density at radius 2 is 1.95 bits per heavy atom. The van der Waals surface area contributed by atoms with Gasteiger partial charge in [-0.1, -0.05) is 30.3 Å². The van der Waals surface area contributed by atoms with Gasteiger partial charge in [-0.05, 0) is 45.6 Å². The molecule has 1 heterocycles. The number of carbonyl (C=O) groups is 1. The van der Waals surface area contributed by atoms with Gasteiger partial charge in [0.15, 0.2) is 0 Å². The molecule has 22 heavy (non-hydrogen) atoms. The van der Waals surface area contributed by atoms with E-state index in [4.69, 9.17) is 4.74 Å². The molecule has 1 saturated heterocycles. The first-order chi connectivity index (χ1) is 10.4. The van der Waals surface area contributed by atoms with Crippen LogP contribution < -0.4 is 5.32 Å². The fourth-order valence-corrected chi connectivity index (χ4v) is 3.35. The predicted molar refractivity (Wildman–Crippen MR) is 86.7 cm³/mol. The van der Waals surface area contributed by atoms with Gasteiger partial charge >= 0.3 is 6.09 Å². The molecule has 2 aliphatic rings. The second-order valence-electron chi connectivity index (χ2n) is 7.53. The van der Waals surface area contributed by atoms with Crippen molar-refractivity contribution in [3.05, 3.63) is 35.9 Å². The molecule has 1 aromatic rings. The van der Waals surface area contributed by atoms with Crippen molar-refractivity contribution in [2.45, 2.75) is 57.2 Å². The number of rotatable bonds is 3. The Morgan fingerprint density at radius 3 is 2.55 bits per heavy atom. The third-order valence-corrected chi connectivity index (χ3v) is 4.54. The van der Waals surface area contributed by atoms with Crippen LogP contribution in [0, 0.1) is 0 Å². The summed E-state index contributed by atoms with van der Waals surface area (Å²) in [5, 5.41) is 2.87. The molecule has 0 bridgehead atoms. The maximum absolute atomic E-state index is 11.9. The largest absolute Gasteiger partial charge is 0.445 e. The van der Waals surface area contributed by atoms with Gasteiger partial charge in [-0.3, -0.25) is 4.90 Å². The lowest BCUT2D eigenvalue weighted by atomic mass is 10.0. The van der Waals surface area contributed by atoms with Crippen molar-refractivity contribution in [2.24, 2.45) is 0 Å². The molecular formula is C18H26N2O2. The second kappa shape index (κ2) is 5.58. The van der Waals surface area contributed by atoms with E-state index < -0.39 is 0 Å². The Bertz CT molecular complexity index is 532. The molecule has 120 valence electrons. The van der Waals surface area contributed by atoms with E-state index in [1.165, 1.54) is 18.4 Å². The minimum atomic E-state index is -0.302. The van der Waals surface area contributed by atoms with Gasteiger partial charge in [0, 0.05) is 24.2 Å². The molecule has 1 N–H and O–H groups in total. The van der Waals surface area contributed by atoms with Crippen LogP contribution in [0.15, 0.2) is 30.3 Å². The standard InChI is InChI=1S/C18H26N2O2/c1-17(2,3)19-16(21)22-15-9-12-20(13-15)18(10-11-18)14-7-5-4-6-8-14/h4-8,15H,9-13H2,1-3H3,(H,19,21). The zero-order valence-electron chi connectivity index (χ0n) is 13.8. The van der Waals surface area contributed by atoms with E-state index in [0.29, 0.717) is 0 Å². The number of likely N-dealkylation sites (tertiary alicyclic amines) is 1. The molecule has 0 aromatic heterocycles. The summed E-state index contributed by atoms with van der Waals surface area (Å²) < 4.78 is 5.58. The first-order valence-corrected chi connectivity index (χ1v) is 8.18. The summed E-state index contributed by atoms with van der Waals surface area (Å²) in [6, 6.07) is 10.7. The number of nitrogens with one attached hydrogen (secondary N) is 1. The van der Waals surface area contributed by atoms with Gasteiger partial charge in [-0.15, -0.1) is 0 Å². The molecule has 1 amide bonds. The monoisotopic (exact) mass is 302 g/mol. The summed E-state index contributed by atoms with van der Waals surface area (Å²) in [7, 11) is 0. The van der Waals surface area contributed by atoms with Crippen LogP contribution in [0.1, 0.15) is 45.6 Å². The molecule has 2 fully saturated rings. The first kappa shape index (κ1) is 15.3. The van der Waals surface area contributed by atoms with Crippen LogP contribution in [-0.4, -0.2) is 35.7 Å². The SMILES string of the molecule is CC(C)(C)NC(=O)OC1CCN(C2(c3ccccc3)CC2)C1. The van der Waals surface area contributed by atoms with Gasteiger partial charge < -0.3 is 10.1 Å². The Labute approximate surface area is 132 Å². The number of carbonyl (C=O) groups excluding carboxylic acids is 1. The van der Waals surface area contributed by atoms with E-state index in [1.54, 1.807) is 0 Å². The third-order valence-electron chi connectivity index (χ3n) is 4.54. The van der Waals surface area contributed by atoms with Gasteiger partial charge in [0.1, 0.15) is 6.10 Å². The highest BCUT2D eigenvalue weighted by Crippen LogP contribution is 2.52. The lowest BCUT2D eigenvalue weighted by molar-refractivity contribution is 0.0882. The highest BCUT2D eigenvalue weighted by molar-refractivity contribution is 5.68. The summed E-state index contributed by atoms with van der Waals surface area (Å²) in [5.74, 6) is 0. The molecule has 4 nitrogen and oxygen atoms in total. The highest BCUT2D eigenvalue weighted by atomic mass is 16.6. The number of benzene rings is 1. The predicted octanol–water partition coefficient (Wildman–Crippen LogP) is 3.27. The molecule has 0 radical (unpaired) electrons. The maximum Gasteiger partial charge on any atom is 0.407 e. The summed E-state index contributed by atoms with van der Waals surface area (Å²) in [5.41, 5.74) is 1.34. The van der Waals surface area contributed by atoms with Gasteiger partial charge in [0.05, 0.1) is 0 Å². The van der Waals surface area contributed by atoms with Crippen molar-refractivity contribution in [1.29, 1.82) is 0 Å². The second-order valence-corrected chi connectivity index (χ2v) is 7.53. The van der Waals surface area contributed by atoms with Crippen LogP contribution >= 0.6 is 0 Å². The number of hydrogen-bond acceptors (Lipinski definition) is 3. The van der Waals surface area contributed by atoms with Crippen LogP contribution in [0.3, 0.4) is 0 Å². The number of amides is 1. The molecule has 1 saturated carbocycles. The van der Waals surface area contributed by atoms with Crippen molar-refractivity contribution < 1.29 is 9.53 Å². The molecular weight excluding hydrogens is 276 g/mol. The van der Waals surface area contributed by atoms with E-state index in [1.807, 2.05) is 20.8 Å². The topological polar surface area (TPSA) is 41.6 Å². The average Bonchev–Trinajstić information content (AvgIpc) is 3.13. The number of nitrogens with zero attached hydrogens (tertiary/aromatic N) is 1. The van der Waals surface area contributed by atoms with Crippen LogP contribution in [0.25, 0.3) is 0 Å². The van der Waals surface area contributed by atoms with Gasteiger partial charge in [0.2, 0.25) is 0 Å². The molecule has 0 spiro atoms. The summed E-state index contributed by atoms with van der Waals surface area (Å²) in [6.45, 7) is 7.73. The lowest BCUT2D eigenvalue weighted by Crippen LogP contribution is -2.43. The number of alkyl carbamates (subject to hydrolysis) is 1. The van der Waals surface area contributed by atoms with Crippen molar-refractivity contribution >= 4 is 6.09 Å². The minimum absolute atomic E-state index is 0.00328.